The van der Waals surface area contributed by atoms with Gasteiger partial charge in [-0.05, 0) is 35.4 Å². The third-order valence-electron chi connectivity index (χ3n) is 4.85. The average Bonchev–Trinajstić information content (AvgIpc) is 2.98. The van der Waals surface area contributed by atoms with Crippen LogP contribution in [0.3, 0.4) is 0 Å². The normalized spacial score (nSPS) is 13.4. The van der Waals surface area contributed by atoms with Gasteiger partial charge in [0, 0.05) is 56.3 Å². The maximum Gasteiger partial charge on any atom is 0.219 e. The first-order valence-corrected chi connectivity index (χ1v) is 8.69. The van der Waals surface area contributed by atoms with Crippen molar-refractivity contribution >= 4 is 17.4 Å². The number of carbonyl (C=O) groups is 1. The molecule has 0 saturated carbocycles. The SMILES string of the molecule is CC(=O)N1CCc2c(c(Nc3ccc(-c4ccncc4)cc3)nn2C)C1. The highest BCUT2D eigenvalue weighted by Gasteiger charge is 2.25. The minimum Gasteiger partial charge on any atom is -0.338 e. The number of nitrogens with zero attached hydrogens (tertiary/aromatic N) is 4. The first-order chi connectivity index (χ1) is 12.6. The molecule has 6 nitrogen and oxygen atoms in total. The highest BCUT2D eigenvalue weighted by atomic mass is 16.2. The number of pyridine rings is 1. The fraction of sp³-hybridized carbons (Fsp3) is 0.250. The average molecular weight is 347 g/mol. The number of aromatic nitrogens is 3. The van der Waals surface area contributed by atoms with E-state index in [1.54, 1.807) is 19.3 Å². The van der Waals surface area contributed by atoms with E-state index >= 15 is 0 Å². The largest absolute Gasteiger partial charge is 0.338 e. The molecule has 1 aliphatic rings. The molecule has 0 spiro atoms. The van der Waals surface area contributed by atoms with Crippen LogP contribution in [0.4, 0.5) is 11.5 Å². The number of carbonyl (C=O) groups excluding carboxylic acids is 1. The van der Waals surface area contributed by atoms with Crippen molar-refractivity contribution < 1.29 is 4.79 Å². The Balaban J connectivity index is 1.58. The van der Waals surface area contributed by atoms with Crippen molar-refractivity contribution in [1.82, 2.24) is 19.7 Å². The maximum absolute atomic E-state index is 11.7. The second-order valence-corrected chi connectivity index (χ2v) is 6.53. The van der Waals surface area contributed by atoms with Gasteiger partial charge in [0.2, 0.25) is 5.91 Å². The van der Waals surface area contributed by atoms with Crippen LogP contribution in [-0.2, 0) is 24.8 Å². The number of hydrogen-bond acceptors (Lipinski definition) is 4. The molecule has 3 aromatic rings. The van der Waals surface area contributed by atoms with E-state index in [1.807, 2.05) is 40.9 Å². The second kappa shape index (κ2) is 6.63. The van der Waals surface area contributed by atoms with Crippen molar-refractivity contribution in [3.8, 4) is 11.1 Å². The number of benzene rings is 1. The van der Waals surface area contributed by atoms with E-state index in [-0.39, 0.29) is 5.91 Å². The van der Waals surface area contributed by atoms with E-state index in [1.165, 1.54) is 5.69 Å². The summed E-state index contributed by atoms with van der Waals surface area (Å²) in [4.78, 5) is 17.6. The third kappa shape index (κ3) is 3.06. The fourth-order valence-corrected chi connectivity index (χ4v) is 3.39. The van der Waals surface area contributed by atoms with Gasteiger partial charge in [-0.2, -0.15) is 5.10 Å². The molecule has 0 aliphatic carbocycles. The molecular weight excluding hydrogens is 326 g/mol. The predicted molar refractivity (Wildman–Crippen MR) is 101 cm³/mol. The third-order valence-corrected chi connectivity index (χ3v) is 4.85. The van der Waals surface area contributed by atoms with Gasteiger partial charge in [-0.25, -0.2) is 0 Å². The minimum atomic E-state index is 0.104. The molecule has 2 aromatic heterocycles. The van der Waals surface area contributed by atoms with Gasteiger partial charge in [-0.1, -0.05) is 12.1 Å². The van der Waals surface area contributed by atoms with Crippen LogP contribution in [0.1, 0.15) is 18.2 Å². The Labute approximate surface area is 152 Å². The highest BCUT2D eigenvalue weighted by Crippen LogP contribution is 2.29. The zero-order valence-electron chi connectivity index (χ0n) is 14.9. The number of anilines is 2. The first-order valence-electron chi connectivity index (χ1n) is 8.69. The molecule has 26 heavy (non-hydrogen) atoms. The lowest BCUT2D eigenvalue weighted by Gasteiger charge is -2.26. The van der Waals surface area contributed by atoms with Crippen molar-refractivity contribution in [3.63, 3.8) is 0 Å². The summed E-state index contributed by atoms with van der Waals surface area (Å²) in [5.41, 5.74) is 5.55. The quantitative estimate of drug-likeness (QED) is 0.791. The van der Waals surface area contributed by atoms with Crippen LogP contribution in [0.2, 0.25) is 0 Å². The molecule has 0 unspecified atom stereocenters. The minimum absolute atomic E-state index is 0.104. The fourth-order valence-electron chi connectivity index (χ4n) is 3.39. The van der Waals surface area contributed by atoms with Gasteiger partial charge in [0.25, 0.3) is 0 Å². The summed E-state index contributed by atoms with van der Waals surface area (Å²) in [7, 11) is 1.96. The molecule has 1 N–H and O–H groups in total. The van der Waals surface area contributed by atoms with Crippen molar-refractivity contribution in [2.24, 2.45) is 7.05 Å². The number of rotatable bonds is 3. The number of fused-ring (bicyclic) bond motifs is 1. The lowest BCUT2D eigenvalue weighted by molar-refractivity contribution is -0.129. The van der Waals surface area contributed by atoms with Gasteiger partial charge >= 0.3 is 0 Å². The van der Waals surface area contributed by atoms with Crippen molar-refractivity contribution in [1.29, 1.82) is 0 Å². The Morgan fingerprint density at radius 3 is 2.46 bits per heavy atom. The molecule has 1 aliphatic heterocycles. The summed E-state index contributed by atoms with van der Waals surface area (Å²) in [5.74, 6) is 0.928. The molecule has 6 heteroatoms. The number of amides is 1. The van der Waals surface area contributed by atoms with Crippen LogP contribution in [0.25, 0.3) is 11.1 Å². The lowest BCUT2D eigenvalue weighted by atomic mass is 10.1. The van der Waals surface area contributed by atoms with Gasteiger partial charge in [-0.15, -0.1) is 0 Å². The van der Waals surface area contributed by atoms with Crippen LogP contribution in [0, 0.1) is 0 Å². The van der Waals surface area contributed by atoms with Crippen LogP contribution in [0.15, 0.2) is 48.8 Å². The molecule has 0 saturated heterocycles. The highest BCUT2D eigenvalue weighted by molar-refractivity contribution is 5.74. The second-order valence-electron chi connectivity index (χ2n) is 6.53. The van der Waals surface area contributed by atoms with Gasteiger partial charge in [0.05, 0.1) is 6.54 Å². The van der Waals surface area contributed by atoms with Crippen molar-refractivity contribution in [2.45, 2.75) is 19.9 Å². The molecule has 3 heterocycles. The molecule has 132 valence electrons. The molecule has 0 fully saturated rings. The van der Waals surface area contributed by atoms with Crippen LogP contribution in [-0.4, -0.2) is 32.1 Å². The van der Waals surface area contributed by atoms with E-state index < -0.39 is 0 Å². The molecule has 4 rings (SSSR count). The lowest BCUT2D eigenvalue weighted by Crippen LogP contribution is -2.34. The summed E-state index contributed by atoms with van der Waals surface area (Å²) < 4.78 is 1.92. The summed E-state index contributed by atoms with van der Waals surface area (Å²) >= 11 is 0. The molecule has 0 radical (unpaired) electrons. The van der Waals surface area contributed by atoms with Crippen molar-refractivity contribution in [2.75, 3.05) is 11.9 Å². The topological polar surface area (TPSA) is 63.1 Å². The number of hydrogen-bond donors (Lipinski definition) is 1. The number of nitrogens with one attached hydrogen (secondary N) is 1. The Morgan fingerprint density at radius 2 is 1.77 bits per heavy atom. The zero-order chi connectivity index (χ0) is 18.1. The molecular formula is C20H21N5O. The summed E-state index contributed by atoms with van der Waals surface area (Å²) in [6.45, 7) is 2.98. The monoisotopic (exact) mass is 347 g/mol. The van der Waals surface area contributed by atoms with E-state index in [9.17, 15) is 4.79 Å². The molecule has 0 bridgehead atoms. The van der Waals surface area contributed by atoms with E-state index in [0.29, 0.717) is 6.54 Å². The predicted octanol–water partition coefficient (Wildman–Crippen LogP) is 3.13. The first kappa shape index (κ1) is 16.3. The van der Waals surface area contributed by atoms with Gasteiger partial charge in [0.1, 0.15) is 0 Å². The number of aryl methyl sites for hydroxylation is 1. The maximum atomic E-state index is 11.7. The standard InChI is InChI=1S/C20H21N5O/c1-14(26)25-12-9-19-18(13-25)20(23-24(19)2)22-17-5-3-15(4-6-17)16-7-10-21-11-8-16/h3-8,10-11H,9,12-13H2,1-2H3,(H,22,23). The Hall–Kier alpha value is -3.15. The summed E-state index contributed by atoms with van der Waals surface area (Å²) in [5, 5.41) is 8.03. The molecule has 0 atom stereocenters. The summed E-state index contributed by atoms with van der Waals surface area (Å²) in [6.07, 6.45) is 4.42. The van der Waals surface area contributed by atoms with Gasteiger partial charge in [-0.3, -0.25) is 14.5 Å². The smallest absolute Gasteiger partial charge is 0.219 e. The Morgan fingerprint density at radius 1 is 1.08 bits per heavy atom. The Kier molecular flexibility index (Phi) is 4.16. The van der Waals surface area contributed by atoms with Gasteiger partial charge < -0.3 is 10.2 Å². The van der Waals surface area contributed by atoms with E-state index in [2.05, 4.69) is 27.5 Å². The van der Waals surface area contributed by atoms with Crippen LogP contribution in [0.5, 0.6) is 0 Å². The van der Waals surface area contributed by atoms with Gasteiger partial charge in [0.15, 0.2) is 5.82 Å². The Bertz CT molecular complexity index is 931. The van der Waals surface area contributed by atoms with Crippen molar-refractivity contribution in [3.05, 3.63) is 60.0 Å². The summed E-state index contributed by atoms with van der Waals surface area (Å²) in [6, 6.07) is 12.2. The van der Waals surface area contributed by atoms with E-state index in [0.717, 1.165) is 41.2 Å². The zero-order valence-corrected chi connectivity index (χ0v) is 14.9. The van der Waals surface area contributed by atoms with E-state index in [4.69, 9.17) is 0 Å². The van der Waals surface area contributed by atoms with Crippen LogP contribution >= 0.6 is 0 Å². The van der Waals surface area contributed by atoms with Crippen LogP contribution < -0.4 is 5.32 Å². The molecule has 1 amide bonds. The molecule has 1 aromatic carbocycles.